The SMILES string of the molecule is CCOC(=O)C(C)(CCN)c1ccc(Cl)cc1Cl. The van der Waals surface area contributed by atoms with E-state index in [1.807, 2.05) is 0 Å². The average molecular weight is 290 g/mol. The van der Waals surface area contributed by atoms with E-state index in [-0.39, 0.29) is 5.97 Å². The molecule has 0 saturated heterocycles. The topological polar surface area (TPSA) is 52.3 Å². The van der Waals surface area contributed by atoms with Gasteiger partial charge in [-0.1, -0.05) is 29.3 Å². The molecule has 0 aromatic heterocycles. The highest BCUT2D eigenvalue weighted by atomic mass is 35.5. The van der Waals surface area contributed by atoms with E-state index in [2.05, 4.69) is 0 Å². The van der Waals surface area contributed by atoms with Crippen molar-refractivity contribution in [3.05, 3.63) is 33.8 Å². The maximum Gasteiger partial charge on any atom is 0.316 e. The summed E-state index contributed by atoms with van der Waals surface area (Å²) in [5.74, 6) is -0.320. The molecule has 0 saturated carbocycles. The molecule has 0 fully saturated rings. The van der Waals surface area contributed by atoms with Gasteiger partial charge in [-0.15, -0.1) is 0 Å². The largest absolute Gasteiger partial charge is 0.465 e. The summed E-state index contributed by atoms with van der Waals surface area (Å²) >= 11 is 12.0. The molecule has 0 spiro atoms. The van der Waals surface area contributed by atoms with Crippen molar-refractivity contribution in [1.29, 1.82) is 0 Å². The number of carbonyl (C=O) groups excluding carboxylic acids is 1. The van der Waals surface area contributed by atoms with Crippen LogP contribution in [0.1, 0.15) is 25.8 Å². The molecule has 0 aliphatic carbocycles. The number of halogens is 2. The normalized spacial score (nSPS) is 14.1. The van der Waals surface area contributed by atoms with E-state index >= 15 is 0 Å². The fourth-order valence-electron chi connectivity index (χ4n) is 1.86. The quantitative estimate of drug-likeness (QED) is 0.847. The van der Waals surface area contributed by atoms with Crippen molar-refractivity contribution < 1.29 is 9.53 Å². The van der Waals surface area contributed by atoms with E-state index < -0.39 is 5.41 Å². The van der Waals surface area contributed by atoms with Gasteiger partial charge in [-0.2, -0.15) is 0 Å². The second-order valence-electron chi connectivity index (χ2n) is 4.22. The van der Waals surface area contributed by atoms with Crippen molar-refractivity contribution >= 4 is 29.2 Å². The zero-order valence-corrected chi connectivity index (χ0v) is 12.0. The average Bonchev–Trinajstić information content (AvgIpc) is 2.29. The van der Waals surface area contributed by atoms with Crippen LogP contribution in [0.2, 0.25) is 10.0 Å². The highest BCUT2D eigenvalue weighted by molar-refractivity contribution is 6.35. The molecule has 1 unspecified atom stereocenters. The van der Waals surface area contributed by atoms with Crippen molar-refractivity contribution in [3.63, 3.8) is 0 Å². The molecule has 1 aromatic carbocycles. The van der Waals surface area contributed by atoms with Crippen LogP contribution in [0, 0.1) is 0 Å². The Balaban J connectivity index is 3.21. The Morgan fingerprint density at radius 2 is 2.11 bits per heavy atom. The minimum absolute atomic E-state index is 0.320. The van der Waals surface area contributed by atoms with Gasteiger partial charge in [0.1, 0.15) is 0 Å². The van der Waals surface area contributed by atoms with E-state index in [0.717, 1.165) is 0 Å². The van der Waals surface area contributed by atoms with Gasteiger partial charge in [-0.05, 0) is 44.5 Å². The first-order chi connectivity index (χ1) is 8.45. The zero-order chi connectivity index (χ0) is 13.8. The van der Waals surface area contributed by atoms with Crippen LogP contribution >= 0.6 is 23.2 Å². The second-order valence-corrected chi connectivity index (χ2v) is 5.06. The summed E-state index contributed by atoms with van der Waals surface area (Å²) in [6, 6.07) is 5.07. The molecular weight excluding hydrogens is 273 g/mol. The van der Waals surface area contributed by atoms with E-state index in [9.17, 15) is 4.79 Å². The van der Waals surface area contributed by atoms with Crippen LogP contribution in [0.15, 0.2) is 18.2 Å². The third-order valence-corrected chi connectivity index (χ3v) is 3.44. The molecule has 0 aliphatic rings. The van der Waals surface area contributed by atoms with Crippen molar-refractivity contribution in [3.8, 4) is 0 Å². The van der Waals surface area contributed by atoms with Gasteiger partial charge in [0.25, 0.3) is 0 Å². The van der Waals surface area contributed by atoms with Crippen LogP contribution in [-0.4, -0.2) is 19.1 Å². The maximum absolute atomic E-state index is 12.1. The number of hydrogen-bond donors (Lipinski definition) is 1. The minimum Gasteiger partial charge on any atom is -0.465 e. The molecular formula is C13H17Cl2NO2. The molecule has 0 radical (unpaired) electrons. The predicted molar refractivity (Wildman–Crippen MR) is 74.1 cm³/mol. The van der Waals surface area contributed by atoms with Crippen molar-refractivity contribution in [2.75, 3.05) is 13.2 Å². The standard InChI is InChI=1S/C13H17Cl2NO2/c1-3-18-12(17)13(2,6-7-16)10-5-4-9(14)8-11(10)15/h4-5,8H,3,6-7,16H2,1-2H3. The molecule has 0 aliphatic heterocycles. The first-order valence-electron chi connectivity index (χ1n) is 5.78. The first-order valence-corrected chi connectivity index (χ1v) is 6.54. The highest BCUT2D eigenvalue weighted by Gasteiger charge is 2.37. The van der Waals surface area contributed by atoms with Crippen LogP contribution in [0.5, 0.6) is 0 Å². The van der Waals surface area contributed by atoms with Crippen molar-refractivity contribution in [2.24, 2.45) is 5.73 Å². The van der Waals surface area contributed by atoms with Gasteiger partial charge in [0, 0.05) is 10.0 Å². The minimum atomic E-state index is -0.841. The lowest BCUT2D eigenvalue weighted by atomic mass is 9.79. The second kappa shape index (κ2) is 6.41. The van der Waals surface area contributed by atoms with E-state index in [1.165, 1.54) is 0 Å². The Bertz CT molecular complexity index is 437. The van der Waals surface area contributed by atoms with Gasteiger partial charge in [-0.3, -0.25) is 4.79 Å². The molecule has 1 aromatic rings. The lowest BCUT2D eigenvalue weighted by molar-refractivity contribution is -0.149. The lowest BCUT2D eigenvalue weighted by Gasteiger charge is -2.28. The van der Waals surface area contributed by atoms with E-state index in [1.54, 1.807) is 32.0 Å². The zero-order valence-electron chi connectivity index (χ0n) is 10.5. The maximum atomic E-state index is 12.1. The number of hydrogen-bond acceptors (Lipinski definition) is 3. The number of ether oxygens (including phenoxy) is 1. The summed E-state index contributed by atoms with van der Waals surface area (Å²) in [5, 5.41) is 0.981. The molecule has 2 N–H and O–H groups in total. The Labute approximate surface area is 117 Å². The molecule has 0 bridgehead atoms. The van der Waals surface area contributed by atoms with Crippen LogP contribution < -0.4 is 5.73 Å². The van der Waals surface area contributed by atoms with Crippen molar-refractivity contribution in [2.45, 2.75) is 25.7 Å². The molecule has 18 heavy (non-hydrogen) atoms. The Hall–Kier alpha value is -0.770. The van der Waals surface area contributed by atoms with Gasteiger partial charge in [-0.25, -0.2) is 0 Å². The predicted octanol–water partition coefficient (Wildman–Crippen LogP) is 3.16. The van der Waals surface area contributed by atoms with Gasteiger partial charge in [0.2, 0.25) is 0 Å². The summed E-state index contributed by atoms with van der Waals surface area (Å²) in [4.78, 5) is 12.1. The lowest BCUT2D eigenvalue weighted by Crippen LogP contribution is -2.37. The summed E-state index contributed by atoms with van der Waals surface area (Å²) in [6.45, 7) is 4.25. The van der Waals surface area contributed by atoms with E-state index in [4.69, 9.17) is 33.7 Å². The molecule has 1 rings (SSSR count). The fourth-order valence-corrected chi connectivity index (χ4v) is 2.48. The first kappa shape index (κ1) is 15.3. The van der Waals surface area contributed by atoms with Gasteiger partial charge >= 0.3 is 5.97 Å². The number of benzene rings is 1. The summed E-state index contributed by atoms with van der Waals surface area (Å²) in [6.07, 6.45) is 0.465. The molecule has 100 valence electrons. The number of esters is 1. The number of nitrogens with two attached hydrogens (primary N) is 1. The summed E-state index contributed by atoms with van der Waals surface area (Å²) in [7, 11) is 0. The van der Waals surface area contributed by atoms with Crippen LogP contribution in [0.25, 0.3) is 0 Å². The monoisotopic (exact) mass is 289 g/mol. The van der Waals surface area contributed by atoms with Crippen molar-refractivity contribution in [1.82, 2.24) is 0 Å². The van der Waals surface area contributed by atoms with Gasteiger partial charge < -0.3 is 10.5 Å². The Morgan fingerprint density at radius 1 is 1.44 bits per heavy atom. The fraction of sp³-hybridized carbons (Fsp3) is 0.462. The molecule has 1 atom stereocenters. The Morgan fingerprint density at radius 3 is 2.61 bits per heavy atom. The summed E-state index contributed by atoms with van der Waals surface area (Å²) in [5.41, 5.74) is 5.44. The number of rotatable bonds is 5. The van der Waals surface area contributed by atoms with Gasteiger partial charge in [0.15, 0.2) is 0 Å². The van der Waals surface area contributed by atoms with Crippen LogP contribution in [-0.2, 0) is 14.9 Å². The molecule has 3 nitrogen and oxygen atoms in total. The Kier molecular flexibility index (Phi) is 5.45. The third-order valence-electron chi connectivity index (χ3n) is 2.90. The van der Waals surface area contributed by atoms with E-state index in [0.29, 0.717) is 35.2 Å². The third kappa shape index (κ3) is 3.16. The molecule has 0 heterocycles. The molecule has 0 amide bonds. The summed E-state index contributed by atoms with van der Waals surface area (Å²) < 4.78 is 5.11. The van der Waals surface area contributed by atoms with Gasteiger partial charge in [0.05, 0.1) is 12.0 Å². The molecule has 5 heteroatoms. The number of carbonyl (C=O) groups is 1. The van der Waals surface area contributed by atoms with Crippen LogP contribution in [0.3, 0.4) is 0 Å². The smallest absolute Gasteiger partial charge is 0.316 e. The highest BCUT2D eigenvalue weighted by Crippen LogP contribution is 2.35. The van der Waals surface area contributed by atoms with Crippen LogP contribution in [0.4, 0.5) is 0 Å².